The average Bonchev–Trinajstić information content (AvgIpc) is 3.64. The molecule has 0 saturated carbocycles. The second-order valence-corrected chi connectivity index (χ2v) is 14.2. The SMILES string of the molecule is CC1(C)c2ccccc2-c2c(-c3nc(-n4c5ccccc5c5cc6ccccc6cc54)nc4c3-c3ccccc3C4(C)C)cccc21. The van der Waals surface area contributed by atoms with Crippen LogP contribution in [0.2, 0.25) is 0 Å². The Morgan fingerprint density at radius 3 is 1.85 bits per heavy atom. The summed E-state index contributed by atoms with van der Waals surface area (Å²) in [6.45, 7) is 9.31. The Morgan fingerprint density at radius 2 is 1.06 bits per heavy atom. The molecule has 2 aromatic heterocycles. The number of aromatic nitrogens is 3. The summed E-state index contributed by atoms with van der Waals surface area (Å²) in [6, 6.07) is 46.4. The summed E-state index contributed by atoms with van der Waals surface area (Å²) in [7, 11) is 0. The standard InChI is InChI=1S/C44H33N3/c1-43(2)33-20-10-7-17-29(33)38-31(19-13-22-35(38)43)40-39-30-18-8-11-21-34(30)44(3,4)41(39)46-42(45-40)47-36-23-12-9-16-28(36)32-24-26-14-5-6-15-27(26)25-37(32)47/h5-25H,1-4H3. The number of rotatable bonds is 2. The number of nitrogens with zero attached hydrogens (tertiary/aromatic N) is 3. The van der Waals surface area contributed by atoms with E-state index in [4.69, 9.17) is 9.97 Å². The van der Waals surface area contributed by atoms with Gasteiger partial charge < -0.3 is 0 Å². The van der Waals surface area contributed by atoms with Crippen molar-refractivity contribution in [1.82, 2.24) is 14.5 Å². The van der Waals surface area contributed by atoms with E-state index in [9.17, 15) is 0 Å². The van der Waals surface area contributed by atoms with E-state index in [0.29, 0.717) is 5.95 Å². The summed E-state index contributed by atoms with van der Waals surface area (Å²) in [5, 5.41) is 4.86. The molecule has 0 atom stereocenters. The van der Waals surface area contributed by atoms with Crippen LogP contribution in [-0.4, -0.2) is 14.5 Å². The molecular formula is C44H33N3. The highest BCUT2D eigenvalue weighted by atomic mass is 15.2. The predicted molar refractivity (Wildman–Crippen MR) is 194 cm³/mol. The quantitative estimate of drug-likeness (QED) is 0.197. The van der Waals surface area contributed by atoms with Gasteiger partial charge in [0.1, 0.15) is 0 Å². The Kier molecular flexibility index (Phi) is 5.13. The molecule has 3 nitrogen and oxygen atoms in total. The minimum atomic E-state index is -0.293. The third-order valence-electron chi connectivity index (χ3n) is 11.0. The van der Waals surface area contributed by atoms with Crippen molar-refractivity contribution >= 4 is 32.6 Å². The van der Waals surface area contributed by atoms with Gasteiger partial charge >= 0.3 is 0 Å². The van der Waals surface area contributed by atoms with E-state index in [1.54, 1.807) is 0 Å². The Balaban J connectivity index is 1.36. The van der Waals surface area contributed by atoms with Crippen LogP contribution < -0.4 is 0 Å². The summed E-state index contributed by atoms with van der Waals surface area (Å²) in [5.74, 6) is 0.712. The first-order valence-corrected chi connectivity index (χ1v) is 16.5. The van der Waals surface area contributed by atoms with Gasteiger partial charge in [0.05, 0.1) is 22.4 Å². The summed E-state index contributed by atoms with van der Waals surface area (Å²) in [6.07, 6.45) is 0. The monoisotopic (exact) mass is 603 g/mol. The van der Waals surface area contributed by atoms with Crippen molar-refractivity contribution in [3.8, 4) is 39.5 Å². The minimum Gasteiger partial charge on any atom is -0.278 e. The first-order chi connectivity index (χ1) is 22.8. The van der Waals surface area contributed by atoms with Crippen LogP contribution in [0, 0.1) is 0 Å². The zero-order chi connectivity index (χ0) is 31.7. The number of fused-ring (bicyclic) bond motifs is 10. The van der Waals surface area contributed by atoms with Crippen LogP contribution in [-0.2, 0) is 10.8 Å². The van der Waals surface area contributed by atoms with Crippen LogP contribution in [0.4, 0.5) is 0 Å². The molecule has 2 aliphatic rings. The summed E-state index contributed by atoms with van der Waals surface area (Å²) >= 11 is 0. The fourth-order valence-electron chi connectivity index (χ4n) is 8.65. The van der Waals surface area contributed by atoms with Crippen LogP contribution >= 0.6 is 0 Å². The fraction of sp³-hybridized carbons (Fsp3) is 0.136. The normalized spacial score (nSPS) is 15.1. The molecule has 0 aliphatic heterocycles. The highest BCUT2D eigenvalue weighted by molar-refractivity contribution is 6.13. The fourth-order valence-corrected chi connectivity index (χ4v) is 8.65. The molecule has 6 aromatic carbocycles. The topological polar surface area (TPSA) is 30.7 Å². The van der Waals surface area contributed by atoms with Crippen LogP contribution in [0.25, 0.3) is 72.0 Å². The van der Waals surface area contributed by atoms with E-state index >= 15 is 0 Å². The average molecular weight is 604 g/mol. The van der Waals surface area contributed by atoms with Crippen LogP contribution in [0.15, 0.2) is 127 Å². The summed E-state index contributed by atoms with van der Waals surface area (Å²) < 4.78 is 2.29. The van der Waals surface area contributed by atoms with Gasteiger partial charge in [0, 0.05) is 32.7 Å². The van der Waals surface area contributed by atoms with E-state index in [1.807, 2.05) is 0 Å². The molecule has 0 bridgehead atoms. The molecule has 0 radical (unpaired) electrons. The van der Waals surface area contributed by atoms with Crippen molar-refractivity contribution in [2.45, 2.75) is 38.5 Å². The smallest absolute Gasteiger partial charge is 0.235 e. The van der Waals surface area contributed by atoms with Crippen molar-refractivity contribution in [2.24, 2.45) is 0 Å². The molecule has 224 valence electrons. The molecule has 2 heterocycles. The van der Waals surface area contributed by atoms with Gasteiger partial charge in [0.15, 0.2) is 0 Å². The molecule has 2 aliphatic carbocycles. The van der Waals surface area contributed by atoms with E-state index in [1.165, 1.54) is 60.5 Å². The van der Waals surface area contributed by atoms with Gasteiger partial charge in [-0.25, -0.2) is 9.97 Å². The second kappa shape index (κ2) is 9.04. The second-order valence-electron chi connectivity index (χ2n) is 14.2. The van der Waals surface area contributed by atoms with Crippen molar-refractivity contribution in [3.05, 3.63) is 150 Å². The van der Waals surface area contributed by atoms with Gasteiger partial charge in [-0.05, 0) is 62.4 Å². The maximum Gasteiger partial charge on any atom is 0.235 e. The van der Waals surface area contributed by atoms with E-state index in [2.05, 4.69) is 160 Å². The molecule has 0 saturated heterocycles. The maximum atomic E-state index is 5.65. The molecule has 0 unspecified atom stereocenters. The third kappa shape index (κ3) is 3.41. The van der Waals surface area contributed by atoms with Gasteiger partial charge in [0.25, 0.3) is 0 Å². The zero-order valence-corrected chi connectivity index (χ0v) is 27.0. The van der Waals surface area contributed by atoms with Gasteiger partial charge in [-0.2, -0.15) is 0 Å². The molecule has 10 rings (SSSR count). The number of para-hydroxylation sites is 1. The molecule has 3 heteroatoms. The van der Waals surface area contributed by atoms with Gasteiger partial charge in [-0.15, -0.1) is 0 Å². The highest BCUT2D eigenvalue weighted by Crippen LogP contribution is 2.56. The van der Waals surface area contributed by atoms with Crippen molar-refractivity contribution < 1.29 is 0 Å². The van der Waals surface area contributed by atoms with Crippen LogP contribution in [0.1, 0.15) is 50.1 Å². The number of hydrogen-bond acceptors (Lipinski definition) is 2. The van der Waals surface area contributed by atoms with E-state index in [-0.39, 0.29) is 10.8 Å². The highest BCUT2D eigenvalue weighted by Gasteiger charge is 2.42. The Labute approximate surface area is 274 Å². The first-order valence-electron chi connectivity index (χ1n) is 16.5. The van der Waals surface area contributed by atoms with Crippen LogP contribution in [0.3, 0.4) is 0 Å². The molecule has 0 fully saturated rings. The van der Waals surface area contributed by atoms with Gasteiger partial charge in [-0.1, -0.05) is 137 Å². The summed E-state index contributed by atoms with van der Waals surface area (Å²) in [4.78, 5) is 11.2. The Bertz CT molecular complexity index is 2640. The Hall–Kier alpha value is -5.54. The third-order valence-corrected chi connectivity index (χ3v) is 11.0. The first kappa shape index (κ1) is 26.7. The minimum absolute atomic E-state index is 0.105. The Morgan fingerprint density at radius 1 is 0.468 bits per heavy atom. The lowest BCUT2D eigenvalue weighted by atomic mass is 9.82. The lowest BCUT2D eigenvalue weighted by Gasteiger charge is -2.23. The molecular weight excluding hydrogens is 571 g/mol. The van der Waals surface area contributed by atoms with Gasteiger partial charge in [0.2, 0.25) is 5.95 Å². The largest absolute Gasteiger partial charge is 0.278 e. The lowest BCUT2D eigenvalue weighted by Crippen LogP contribution is -2.19. The number of benzene rings is 6. The van der Waals surface area contributed by atoms with Crippen molar-refractivity contribution in [3.63, 3.8) is 0 Å². The molecule has 0 N–H and O–H groups in total. The summed E-state index contributed by atoms with van der Waals surface area (Å²) in [5.41, 5.74) is 14.0. The molecule has 8 aromatic rings. The van der Waals surface area contributed by atoms with Crippen molar-refractivity contribution in [1.29, 1.82) is 0 Å². The molecule has 0 spiro atoms. The van der Waals surface area contributed by atoms with E-state index in [0.717, 1.165) is 28.0 Å². The molecule has 0 amide bonds. The van der Waals surface area contributed by atoms with Crippen LogP contribution in [0.5, 0.6) is 0 Å². The van der Waals surface area contributed by atoms with E-state index < -0.39 is 0 Å². The van der Waals surface area contributed by atoms with Crippen molar-refractivity contribution in [2.75, 3.05) is 0 Å². The lowest BCUT2D eigenvalue weighted by molar-refractivity contribution is 0.632. The molecule has 47 heavy (non-hydrogen) atoms. The zero-order valence-electron chi connectivity index (χ0n) is 27.0. The maximum absolute atomic E-state index is 5.65. The predicted octanol–water partition coefficient (Wildman–Crippen LogP) is 11.0. The number of hydrogen-bond donors (Lipinski definition) is 0. The van der Waals surface area contributed by atoms with Gasteiger partial charge in [-0.3, -0.25) is 4.57 Å².